The number of carbonyl (C=O) groups is 1. The van der Waals surface area contributed by atoms with Gasteiger partial charge in [0.15, 0.2) is 0 Å². The summed E-state index contributed by atoms with van der Waals surface area (Å²) in [6.45, 7) is 0. The number of primary amides is 1. The van der Waals surface area contributed by atoms with Crippen molar-refractivity contribution in [3.05, 3.63) is 17.8 Å². The van der Waals surface area contributed by atoms with E-state index in [1.54, 1.807) is 6.07 Å². The number of ether oxygens (including phenoxy) is 1. The van der Waals surface area contributed by atoms with E-state index in [1.165, 1.54) is 13.3 Å². The fraction of sp³-hybridized carbons (Fsp3) is 0.200. The number of pyridine rings is 1. The Kier molecular flexibility index (Phi) is 3.52. The second-order valence-corrected chi connectivity index (χ2v) is 2.77. The summed E-state index contributed by atoms with van der Waals surface area (Å²) in [5.74, 6) is 5.22. The van der Waals surface area contributed by atoms with Gasteiger partial charge in [0.1, 0.15) is 0 Å². The number of methoxy groups -OCH3 is 1. The van der Waals surface area contributed by atoms with Crippen LogP contribution in [-0.4, -0.2) is 18.0 Å². The number of amides is 1. The lowest BCUT2D eigenvalue weighted by Crippen LogP contribution is -2.08. The second kappa shape index (κ2) is 4.86. The zero-order valence-electron chi connectivity index (χ0n) is 8.28. The summed E-state index contributed by atoms with van der Waals surface area (Å²) in [7, 11) is 1.48. The third kappa shape index (κ3) is 3.19. The molecule has 0 aliphatic heterocycles. The van der Waals surface area contributed by atoms with Crippen LogP contribution in [0.25, 0.3) is 0 Å². The van der Waals surface area contributed by atoms with Crippen LogP contribution < -0.4 is 16.2 Å². The van der Waals surface area contributed by atoms with E-state index in [1.807, 2.05) is 0 Å². The molecule has 0 unspecified atom stereocenters. The zero-order valence-corrected chi connectivity index (χ0v) is 8.28. The maximum Gasteiger partial charge on any atom is 0.236 e. The molecule has 0 aliphatic carbocycles. The maximum absolute atomic E-state index is 10.4. The Morgan fingerprint density at radius 2 is 2.40 bits per heavy atom. The summed E-state index contributed by atoms with van der Waals surface area (Å²) in [5, 5.41) is 0. The van der Waals surface area contributed by atoms with Crippen LogP contribution in [0.5, 0.6) is 5.88 Å². The van der Waals surface area contributed by atoms with Gasteiger partial charge in [0.2, 0.25) is 11.8 Å². The van der Waals surface area contributed by atoms with Crippen LogP contribution in [0.3, 0.4) is 0 Å². The average molecular weight is 205 g/mol. The molecular weight excluding hydrogens is 194 g/mol. The molecule has 1 amide bonds. The molecule has 5 nitrogen and oxygen atoms in total. The van der Waals surface area contributed by atoms with E-state index in [4.69, 9.17) is 16.2 Å². The lowest BCUT2D eigenvalue weighted by atomic mass is 10.2. The largest absolute Gasteiger partial charge is 0.480 e. The minimum atomic E-state index is -0.461. The SMILES string of the molecule is COc1ncc(C#CCC(N)=O)cc1N. The first-order chi connectivity index (χ1) is 7.13. The van der Waals surface area contributed by atoms with Crippen molar-refractivity contribution in [2.24, 2.45) is 5.73 Å². The molecule has 1 heterocycles. The Morgan fingerprint density at radius 3 is 2.93 bits per heavy atom. The highest BCUT2D eigenvalue weighted by Crippen LogP contribution is 2.17. The minimum Gasteiger partial charge on any atom is -0.480 e. The number of hydrogen-bond acceptors (Lipinski definition) is 4. The molecule has 1 aromatic rings. The lowest BCUT2D eigenvalue weighted by Gasteiger charge is -2.01. The molecule has 0 atom stereocenters. The Balaban J connectivity index is 2.82. The monoisotopic (exact) mass is 205 g/mol. The van der Waals surface area contributed by atoms with E-state index in [9.17, 15) is 4.79 Å². The summed E-state index contributed by atoms with van der Waals surface area (Å²) in [6, 6.07) is 1.62. The number of nitrogens with zero attached hydrogens (tertiary/aromatic N) is 1. The molecule has 4 N–H and O–H groups in total. The Labute approximate surface area is 87.4 Å². The molecule has 15 heavy (non-hydrogen) atoms. The van der Waals surface area contributed by atoms with Gasteiger partial charge in [-0.05, 0) is 6.07 Å². The molecule has 1 rings (SSSR count). The standard InChI is InChI=1S/C10H11N3O2/c1-15-10-8(11)5-7(6-13-10)3-2-4-9(12)14/h5-6H,4,11H2,1H3,(H2,12,14). The van der Waals surface area contributed by atoms with E-state index >= 15 is 0 Å². The summed E-state index contributed by atoms with van der Waals surface area (Å²) in [6.07, 6.45) is 1.54. The van der Waals surface area contributed by atoms with E-state index < -0.39 is 5.91 Å². The lowest BCUT2D eigenvalue weighted by molar-refractivity contribution is -0.117. The number of rotatable bonds is 2. The number of nitrogens with two attached hydrogens (primary N) is 2. The summed E-state index contributed by atoms with van der Waals surface area (Å²) in [5.41, 5.74) is 11.6. The second-order valence-electron chi connectivity index (χ2n) is 2.77. The highest BCUT2D eigenvalue weighted by atomic mass is 16.5. The van der Waals surface area contributed by atoms with E-state index in [0.29, 0.717) is 17.1 Å². The Morgan fingerprint density at radius 1 is 1.67 bits per heavy atom. The van der Waals surface area contributed by atoms with Gasteiger partial charge in [-0.25, -0.2) is 4.98 Å². The van der Waals surface area contributed by atoms with Crippen molar-refractivity contribution in [1.82, 2.24) is 4.98 Å². The molecule has 0 saturated carbocycles. The van der Waals surface area contributed by atoms with Crippen molar-refractivity contribution >= 4 is 11.6 Å². The van der Waals surface area contributed by atoms with Crippen LogP contribution >= 0.6 is 0 Å². The first kappa shape index (κ1) is 10.9. The van der Waals surface area contributed by atoms with E-state index in [2.05, 4.69) is 16.8 Å². The summed E-state index contributed by atoms with van der Waals surface area (Å²) < 4.78 is 4.88. The first-order valence-corrected chi connectivity index (χ1v) is 4.20. The third-order valence-corrected chi connectivity index (χ3v) is 1.57. The van der Waals surface area contributed by atoms with Gasteiger partial charge in [0.25, 0.3) is 0 Å². The summed E-state index contributed by atoms with van der Waals surface area (Å²) >= 11 is 0. The van der Waals surface area contributed by atoms with Crippen LogP contribution in [0, 0.1) is 11.8 Å². The normalized spacial score (nSPS) is 8.87. The fourth-order valence-corrected chi connectivity index (χ4v) is 0.942. The van der Waals surface area contributed by atoms with Crippen molar-refractivity contribution in [2.75, 3.05) is 12.8 Å². The smallest absolute Gasteiger partial charge is 0.236 e. The van der Waals surface area contributed by atoms with Gasteiger partial charge in [-0.1, -0.05) is 11.8 Å². The number of carbonyl (C=O) groups excluding carboxylic acids is 1. The molecule has 0 spiro atoms. The van der Waals surface area contributed by atoms with Crippen molar-refractivity contribution in [2.45, 2.75) is 6.42 Å². The predicted molar refractivity (Wildman–Crippen MR) is 55.9 cm³/mol. The molecular formula is C10H11N3O2. The Bertz CT molecular complexity index is 432. The molecule has 0 aliphatic rings. The van der Waals surface area contributed by atoms with Crippen LogP contribution in [0.2, 0.25) is 0 Å². The highest BCUT2D eigenvalue weighted by Gasteiger charge is 1.99. The molecule has 5 heteroatoms. The van der Waals surface area contributed by atoms with Crippen LogP contribution in [0.4, 0.5) is 5.69 Å². The van der Waals surface area contributed by atoms with Gasteiger partial charge in [-0.3, -0.25) is 4.79 Å². The first-order valence-electron chi connectivity index (χ1n) is 4.20. The van der Waals surface area contributed by atoms with Gasteiger partial charge in [0.05, 0.1) is 19.2 Å². The van der Waals surface area contributed by atoms with Crippen molar-refractivity contribution in [1.29, 1.82) is 0 Å². The van der Waals surface area contributed by atoms with Gasteiger partial charge in [-0.2, -0.15) is 0 Å². The molecule has 78 valence electrons. The van der Waals surface area contributed by atoms with Crippen LogP contribution in [0.1, 0.15) is 12.0 Å². The number of anilines is 1. The van der Waals surface area contributed by atoms with Gasteiger partial charge in [0, 0.05) is 11.8 Å². The minimum absolute atomic E-state index is 0.0198. The fourth-order valence-electron chi connectivity index (χ4n) is 0.942. The quantitative estimate of drug-likeness (QED) is 0.659. The van der Waals surface area contributed by atoms with E-state index in [-0.39, 0.29) is 6.42 Å². The maximum atomic E-state index is 10.4. The molecule has 0 aromatic carbocycles. The molecule has 0 radical (unpaired) electrons. The van der Waals surface area contributed by atoms with Crippen molar-refractivity contribution < 1.29 is 9.53 Å². The predicted octanol–water partition coefficient (Wildman–Crippen LogP) is -0.101. The number of nitrogen functional groups attached to an aromatic ring is 1. The number of aromatic nitrogens is 1. The van der Waals surface area contributed by atoms with E-state index in [0.717, 1.165) is 0 Å². The van der Waals surface area contributed by atoms with Crippen molar-refractivity contribution in [3.63, 3.8) is 0 Å². The average Bonchev–Trinajstić information content (AvgIpc) is 2.17. The molecule has 0 fully saturated rings. The number of hydrogen-bond donors (Lipinski definition) is 2. The Hall–Kier alpha value is -2.22. The highest BCUT2D eigenvalue weighted by molar-refractivity contribution is 5.76. The topological polar surface area (TPSA) is 91.2 Å². The summed E-state index contributed by atoms with van der Waals surface area (Å²) in [4.78, 5) is 14.3. The van der Waals surface area contributed by atoms with Gasteiger partial charge < -0.3 is 16.2 Å². The van der Waals surface area contributed by atoms with Crippen LogP contribution in [0.15, 0.2) is 12.3 Å². The molecule has 0 saturated heterocycles. The zero-order chi connectivity index (χ0) is 11.3. The van der Waals surface area contributed by atoms with Crippen molar-refractivity contribution in [3.8, 4) is 17.7 Å². The molecule has 0 bridgehead atoms. The third-order valence-electron chi connectivity index (χ3n) is 1.57. The molecule has 1 aromatic heterocycles. The van der Waals surface area contributed by atoms with Gasteiger partial charge in [-0.15, -0.1) is 0 Å². The van der Waals surface area contributed by atoms with Crippen LogP contribution in [-0.2, 0) is 4.79 Å². The van der Waals surface area contributed by atoms with Gasteiger partial charge >= 0.3 is 0 Å².